The summed E-state index contributed by atoms with van der Waals surface area (Å²) in [5.74, 6) is 0.00487. The molecule has 12 heteroatoms. The summed E-state index contributed by atoms with van der Waals surface area (Å²) in [4.78, 5) is 56.3. The van der Waals surface area contributed by atoms with E-state index in [1.54, 1.807) is 18.1 Å². The van der Waals surface area contributed by atoms with Crippen LogP contribution in [0, 0.1) is 0 Å². The molecule has 0 radical (unpaired) electrons. The molecule has 3 aromatic rings. The van der Waals surface area contributed by atoms with Crippen molar-refractivity contribution in [2.24, 2.45) is 7.05 Å². The third kappa shape index (κ3) is 6.57. The van der Waals surface area contributed by atoms with E-state index in [0.717, 1.165) is 63.2 Å². The zero-order valence-corrected chi connectivity index (χ0v) is 29.0. The van der Waals surface area contributed by atoms with Crippen molar-refractivity contribution in [2.75, 3.05) is 38.5 Å². The molecule has 0 bridgehead atoms. The van der Waals surface area contributed by atoms with E-state index in [4.69, 9.17) is 0 Å². The monoisotopic (exact) mass is 715 g/mol. The second-order valence-electron chi connectivity index (χ2n) is 13.9. The number of likely N-dealkylation sites (tertiary alicyclic amines) is 2. The van der Waals surface area contributed by atoms with Crippen molar-refractivity contribution in [1.82, 2.24) is 29.8 Å². The van der Waals surface area contributed by atoms with Gasteiger partial charge in [-0.15, -0.1) is 0 Å². The first-order valence-electron chi connectivity index (χ1n) is 16.9. The summed E-state index contributed by atoms with van der Waals surface area (Å²) >= 11 is 3.44. The van der Waals surface area contributed by atoms with Gasteiger partial charge in [-0.3, -0.25) is 29.4 Å². The van der Waals surface area contributed by atoms with Crippen molar-refractivity contribution >= 4 is 39.3 Å². The zero-order chi connectivity index (χ0) is 33.5. The Bertz CT molecular complexity index is 1790. The largest absolute Gasteiger partial charge is 0.379 e. The molecule has 0 spiro atoms. The van der Waals surface area contributed by atoms with E-state index in [0.29, 0.717) is 34.8 Å². The van der Waals surface area contributed by atoms with Crippen LogP contribution < -0.4 is 16.2 Å². The van der Waals surface area contributed by atoms with Gasteiger partial charge in [-0.1, -0.05) is 36.4 Å². The number of aryl methyl sites for hydroxylation is 1. The van der Waals surface area contributed by atoms with Gasteiger partial charge in [0.25, 0.3) is 11.5 Å². The summed E-state index contributed by atoms with van der Waals surface area (Å²) in [5.41, 5.74) is 6.18. The fourth-order valence-corrected chi connectivity index (χ4v) is 8.52. The maximum absolute atomic E-state index is 13.3. The molecule has 3 unspecified atom stereocenters. The summed E-state index contributed by atoms with van der Waals surface area (Å²) in [6.07, 6.45) is 5.35. The van der Waals surface area contributed by atoms with Gasteiger partial charge in [-0.05, 0) is 102 Å². The van der Waals surface area contributed by atoms with Crippen LogP contribution in [0.1, 0.15) is 76.6 Å². The quantitative estimate of drug-likeness (QED) is 0.357. The van der Waals surface area contributed by atoms with Crippen molar-refractivity contribution in [3.8, 4) is 0 Å². The lowest BCUT2D eigenvalue weighted by molar-refractivity contribution is -0.136. The third-order valence-corrected chi connectivity index (χ3v) is 11.3. The van der Waals surface area contributed by atoms with Gasteiger partial charge in [0.2, 0.25) is 11.8 Å². The van der Waals surface area contributed by atoms with Crippen LogP contribution in [0.4, 0.5) is 5.69 Å². The minimum Gasteiger partial charge on any atom is -0.379 e. The van der Waals surface area contributed by atoms with Gasteiger partial charge in [-0.25, -0.2) is 4.68 Å². The summed E-state index contributed by atoms with van der Waals surface area (Å²) < 4.78 is 1.84. The van der Waals surface area contributed by atoms with Crippen LogP contribution in [-0.2, 0) is 29.7 Å². The van der Waals surface area contributed by atoms with Crippen LogP contribution in [0.2, 0.25) is 0 Å². The van der Waals surface area contributed by atoms with E-state index in [2.05, 4.69) is 78.8 Å². The first kappa shape index (κ1) is 32.7. The molecule has 4 aliphatic rings. The molecule has 48 heavy (non-hydrogen) atoms. The molecule has 2 aromatic carbocycles. The molecule has 4 aliphatic heterocycles. The smallest absolute Gasteiger partial charge is 0.282 e. The minimum absolute atomic E-state index is 0.109. The lowest BCUT2D eigenvalue weighted by Gasteiger charge is -2.37. The number of benzene rings is 2. The van der Waals surface area contributed by atoms with E-state index in [-0.39, 0.29) is 35.7 Å². The van der Waals surface area contributed by atoms with Crippen molar-refractivity contribution in [3.05, 3.63) is 91.3 Å². The van der Waals surface area contributed by atoms with Gasteiger partial charge >= 0.3 is 0 Å². The van der Waals surface area contributed by atoms with Crippen LogP contribution in [0.5, 0.6) is 0 Å². The van der Waals surface area contributed by atoms with Crippen LogP contribution in [0.3, 0.4) is 0 Å². The molecule has 3 saturated heterocycles. The number of rotatable bonds is 7. The number of halogens is 1. The van der Waals surface area contributed by atoms with Crippen molar-refractivity contribution in [2.45, 2.75) is 69.1 Å². The molecular weight excluding hydrogens is 674 g/mol. The highest BCUT2D eigenvalue weighted by Crippen LogP contribution is 2.37. The molecule has 3 fully saturated rings. The van der Waals surface area contributed by atoms with Crippen LogP contribution in [0.25, 0.3) is 0 Å². The van der Waals surface area contributed by atoms with Crippen LogP contribution in [0.15, 0.2) is 57.9 Å². The molecule has 2 N–H and O–H groups in total. The fourth-order valence-electron chi connectivity index (χ4n) is 8.04. The molecule has 11 nitrogen and oxygen atoms in total. The number of nitrogens with one attached hydrogen (secondary N) is 2. The number of nitrogens with zero attached hydrogens (tertiary/aromatic N) is 5. The average Bonchev–Trinajstić information content (AvgIpc) is 3.41. The van der Waals surface area contributed by atoms with E-state index in [1.807, 2.05) is 12.1 Å². The lowest BCUT2D eigenvalue weighted by Crippen LogP contribution is -2.52. The Kier molecular flexibility index (Phi) is 9.23. The Morgan fingerprint density at radius 1 is 0.958 bits per heavy atom. The number of piperidine rings is 3. The number of aromatic nitrogens is 2. The highest BCUT2D eigenvalue weighted by molar-refractivity contribution is 9.10. The number of fused-ring (bicyclic) bond motifs is 1. The third-order valence-electron chi connectivity index (χ3n) is 10.6. The minimum atomic E-state index is -0.591. The van der Waals surface area contributed by atoms with Gasteiger partial charge < -0.3 is 15.1 Å². The maximum atomic E-state index is 13.3. The molecule has 1 aromatic heterocycles. The van der Waals surface area contributed by atoms with Gasteiger partial charge in [0.1, 0.15) is 10.5 Å². The van der Waals surface area contributed by atoms with Gasteiger partial charge in [-0.2, -0.15) is 5.10 Å². The molecule has 252 valence electrons. The molecule has 5 heterocycles. The predicted molar refractivity (Wildman–Crippen MR) is 186 cm³/mol. The van der Waals surface area contributed by atoms with E-state index < -0.39 is 6.04 Å². The molecule has 0 aliphatic carbocycles. The highest BCUT2D eigenvalue weighted by Gasteiger charge is 2.40. The summed E-state index contributed by atoms with van der Waals surface area (Å²) in [5, 5.41) is 10.1. The predicted octanol–water partition coefficient (Wildman–Crippen LogP) is 3.58. The number of anilines is 1. The number of amides is 3. The summed E-state index contributed by atoms with van der Waals surface area (Å²) in [7, 11) is 3.79. The van der Waals surface area contributed by atoms with E-state index in [1.165, 1.54) is 21.4 Å². The molecular formula is C36H42BrN7O4. The van der Waals surface area contributed by atoms with Crippen molar-refractivity contribution < 1.29 is 14.4 Å². The van der Waals surface area contributed by atoms with Crippen molar-refractivity contribution in [1.29, 1.82) is 0 Å². The van der Waals surface area contributed by atoms with Crippen LogP contribution >= 0.6 is 15.9 Å². The molecule has 0 saturated carbocycles. The topological polar surface area (TPSA) is 120 Å². The number of carbonyl (C=O) groups excluding carboxylic acids is 3. The highest BCUT2D eigenvalue weighted by atomic mass is 79.9. The standard InChI is InChI=1S/C36H42BrN7O4/c1-41-19-25(16-26(20-41)39-30-17-38-42(2)36(48)33(30)37)23-8-6-22(7-9-23)18-43-14-12-24(13-15-43)27-4-3-5-28-29(27)21-44(35(28)47)31-10-11-32(45)40-34(31)46/h3-9,17,24-26,31,39H,10-16,18-21H2,1-2H3,(H,40,45,46). The maximum Gasteiger partial charge on any atom is 0.282 e. The van der Waals surface area contributed by atoms with Crippen molar-refractivity contribution in [3.63, 3.8) is 0 Å². The Morgan fingerprint density at radius 2 is 1.73 bits per heavy atom. The van der Waals surface area contributed by atoms with Gasteiger partial charge in [0, 0.05) is 51.3 Å². The Hall–Kier alpha value is -3.87. The summed E-state index contributed by atoms with van der Waals surface area (Å²) in [6, 6.07) is 14.7. The Morgan fingerprint density at radius 3 is 2.48 bits per heavy atom. The fraction of sp³-hybridized carbons (Fsp3) is 0.472. The van der Waals surface area contributed by atoms with Crippen LogP contribution in [-0.4, -0.2) is 87.5 Å². The Balaban J connectivity index is 0.944. The van der Waals surface area contributed by atoms with Gasteiger partial charge in [0.15, 0.2) is 0 Å². The average molecular weight is 717 g/mol. The molecule has 3 atom stereocenters. The zero-order valence-electron chi connectivity index (χ0n) is 27.5. The molecule has 3 amide bonds. The SMILES string of the molecule is CN1CC(Nc2cnn(C)c(=O)c2Br)CC(c2ccc(CN3CCC(c4cccc5c4CN(C4CCC(=O)NC4=O)C5=O)CC3)cc2)C1. The molecule has 7 rings (SSSR count). The summed E-state index contributed by atoms with van der Waals surface area (Å²) in [6.45, 7) is 5.18. The normalized spacial score (nSPS) is 24.1. The first-order chi connectivity index (χ1) is 23.1. The number of likely N-dealkylation sites (N-methyl/N-ethyl adjacent to an activating group) is 1. The lowest BCUT2D eigenvalue weighted by atomic mass is 9.85. The number of imide groups is 1. The number of hydrogen-bond acceptors (Lipinski definition) is 8. The number of carbonyl (C=O) groups is 3. The van der Waals surface area contributed by atoms with Gasteiger partial charge in [0.05, 0.1) is 11.9 Å². The van der Waals surface area contributed by atoms with E-state index in [9.17, 15) is 19.2 Å². The Labute approximate surface area is 288 Å². The number of hydrogen-bond donors (Lipinski definition) is 2. The first-order valence-corrected chi connectivity index (χ1v) is 17.7. The second-order valence-corrected chi connectivity index (χ2v) is 14.7. The van der Waals surface area contributed by atoms with E-state index >= 15 is 0 Å². The second kappa shape index (κ2) is 13.6.